The first-order valence-electron chi connectivity index (χ1n) is 6.37. The minimum atomic E-state index is -4.41. The van der Waals surface area contributed by atoms with Crippen molar-refractivity contribution in [3.05, 3.63) is 35.4 Å². The molecule has 20 heavy (non-hydrogen) atoms. The fourth-order valence-corrected chi connectivity index (χ4v) is 1.98. The Balaban J connectivity index is 2.95. The van der Waals surface area contributed by atoms with E-state index in [9.17, 15) is 23.1 Å². The molecule has 1 atom stereocenters. The van der Waals surface area contributed by atoms with Gasteiger partial charge in [-0.1, -0.05) is 25.5 Å². The first-order valence-corrected chi connectivity index (χ1v) is 6.37. The number of carboxylic acid groups (broad SMARTS) is 1. The largest absolute Gasteiger partial charge is 0.480 e. The van der Waals surface area contributed by atoms with Gasteiger partial charge in [0, 0.05) is 0 Å². The summed E-state index contributed by atoms with van der Waals surface area (Å²) >= 11 is 0. The van der Waals surface area contributed by atoms with Crippen molar-refractivity contribution >= 4 is 5.97 Å². The average Bonchev–Trinajstić information content (AvgIpc) is 2.35. The summed E-state index contributed by atoms with van der Waals surface area (Å²) in [5, 5.41) is 9.26. The van der Waals surface area contributed by atoms with Gasteiger partial charge in [-0.15, -0.1) is 0 Å². The second kappa shape index (κ2) is 6.74. The molecular formula is C14H18F3NO2. The van der Waals surface area contributed by atoms with Gasteiger partial charge in [0.1, 0.15) is 6.04 Å². The first-order chi connectivity index (χ1) is 9.27. The predicted molar refractivity (Wildman–Crippen MR) is 69.4 cm³/mol. The molecule has 1 unspecified atom stereocenters. The van der Waals surface area contributed by atoms with E-state index in [-0.39, 0.29) is 0 Å². The van der Waals surface area contributed by atoms with Crippen molar-refractivity contribution in [1.82, 2.24) is 4.90 Å². The topological polar surface area (TPSA) is 40.5 Å². The van der Waals surface area contributed by atoms with Crippen LogP contribution in [0.3, 0.4) is 0 Å². The molecule has 0 radical (unpaired) electrons. The SMILES string of the molecule is CCCCN(C)C(C(=O)O)c1ccc(C(F)(F)F)cc1. The van der Waals surface area contributed by atoms with Crippen LogP contribution in [0.15, 0.2) is 24.3 Å². The zero-order valence-corrected chi connectivity index (χ0v) is 11.4. The van der Waals surface area contributed by atoms with Crippen molar-refractivity contribution in [3.63, 3.8) is 0 Å². The zero-order valence-electron chi connectivity index (χ0n) is 11.4. The molecule has 0 amide bonds. The van der Waals surface area contributed by atoms with Crippen LogP contribution < -0.4 is 0 Å². The average molecular weight is 289 g/mol. The maximum atomic E-state index is 12.5. The van der Waals surface area contributed by atoms with Crippen LogP contribution in [0.2, 0.25) is 0 Å². The predicted octanol–water partition coefficient (Wildman–Crippen LogP) is 3.56. The van der Waals surface area contributed by atoms with Crippen LogP contribution in [0.4, 0.5) is 13.2 Å². The van der Waals surface area contributed by atoms with Crippen LogP contribution in [0.5, 0.6) is 0 Å². The molecule has 3 nitrogen and oxygen atoms in total. The lowest BCUT2D eigenvalue weighted by molar-refractivity contribution is -0.143. The standard InChI is InChI=1S/C14H18F3NO2/c1-3-4-9-18(2)12(13(19)20)10-5-7-11(8-6-10)14(15,16)17/h5-8,12H,3-4,9H2,1-2H3,(H,19,20). The number of unbranched alkanes of at least 4 members (excludes halogenated alkanes) is 1. The Morgan fingerprint density at radius 3 is 2.25 bits per heavy atom. The van der Waals surface area contributed by atoms with Crippen molar-refractivity contribution in [2.24, 2.45) is 0 Å². The van der Waals surface area contributed by atoms with E-state index in [0.717, 1.165) is 25.0 Å². The number of halogens is 3. The van der Waals surface area contributed by atoms with Gasteiger partial charge in [0.15, 0.2) is 0 Å². The molecule has 6 heteroatoms. The minimum absolute atomic E-state index is 0.351. The number of carboxylic acids is 1. The third-order valence-corrected chi connectivity index (χ3v) is 3.09. The van der Waals surface area contributed by atoms with Crippen LogP contribution in [0.25, 0.3) is 0 Å². The summed E-state index contributed by atoms with van der Waals surface area (Å²) < 4.78 is 37.4. The number of rotatable bonds is 6. The lowest BCUT2D eigenvalue weighted by Crippen LogP contribution is -2.31. The van der Waals surface area contributed by atoms with E-state index in [2.05, 4.69) is 0 Å². The van der Waals surface area contributed by atoms with Crippen LogP contribution in [0.1, 0.15) is 36.9 Å². The van der Waals surface area contributed by atoms with Gasteiger partial charge in [0.2, 0.25) is 0 Å². The molecule has 0 heterocycles. The molecular weight excluding hydrogens is 271 g/mol. The third-order valence-electron chi connectivity index (χ3n) is 3.09. The highest BCUT2D eigenvalue weighted by Crippen LogP contribution is 2.30. The molecule has 0 aliphatic heterocycles. The number of carbonyl (C=O) groups is 1. The van der Waals surface area contributed by atoms with E-state index < -0.39 is 23.8 Å². The van der Waals surface area contributed by atoms with Crippen molar-refractivity contribution in [2.45, 2.75) is 32.0 Å². The van der Waals surface area contributed by atoms with E-state index in [0.29, 0.717) is 12.1 Å². The van der Waals surface area contributed by atoms with Crippen molar-refractivity contribution in [3.8, 4) is 0 Å². The Morgan fingerprint density at radius 2 is 1.85 bits per heavy atom. The second-order valence-corrected chi connectivity index (χ2v) is 4.69. The van der Waals surface area contributed by atoms with Gasteiger partial charge in [-0.05, 0) is 37.7 Å². The van der Waals surface area contributed by atoms with Gasteiger partial charge in [0.25, 0.3) is 0 Å². The molecule has 1 N–H and O–H groups in total. The van der Waals surface area contributed by atoms with E-state index in [1.165, 1.54) is 12.1 Å². The Kier molecular flexibility index (Phi) is 5.56. The minimum Gasteiger partial charge on any atom is -0.480 e. The van der Waals surface area contributed by atoms with Gasteiger partial charge < -0.3 is 5.11 Å². The molecule has 0 aromatic heterocycles. The van der Waals surface area contributed by atoms with Crippen LogP contribution in [-0.4, -0.2) is 29.6 Å². The summed E-state index contributed by atoms with van der Waals surface area (Å²) in [6.45, 7) is 2.57. The summed E-state index contributed by atoms with van der Waals surface area (Å²) in [6, 6.07) is 3.36. The van der Waals surface area contributed by atoms with E-state index in [1.807, 2.05) is 6.92 Å². The molecule has 0 spiro atoms. The highest BCUT2D eigenvalue weighted by Gasteiger charge is 2.31. The van der Waals surface area contributed by atoms with Crippen molar-refractivity contribution in [1.29, 1.82) is 0 Å². The van der Waals surface area contributed by atoms with E-state index in [4.69, 9.17) is 0 Å². The molecule has 0 bridgehead atoms. The van der Waals surface area contributed by atoms with Gasteiger partial charge in [-0.25, -0.2) is 0 Å². The first kappa shape index (κ1) is 16.5. The number of aliphatic carboxylic acids is 1. The summed E-state index contributed by atoms with van der Waals surface area (Å²) in [5.41, 5.74) is -0.425. The molecule has 0 fully saturated rings. The Hall–Kier alpha value is -1.56. The molecule has 0 saturated carbocycles. The maximum absolute atomic E-state index is 12.5. The van der Waals surface area contributed by atoms with Crippen molar-refractivity contribution < 1.29 is 23.1 Å². The molecule has 0 aliphatic carbocycles. The smallest absolute Gasteiger partial charge is 0.416 e. The summed E-state index contributed by atoms with van der Waals surface area (Å²) in [4.78, 5) is 13.0. The summed E-state index contributed by atoms with van der Waals surface area (Å²) in [6.07, 6.45) is -2.66. The zero-order chi connectivity index (χ0) is 15.3. The third kappa shape index (κ3) is 4.23. The number of nitrogens with zero attached hydrogens (tertiary/aromatic N) is 1. The maximum Gasteiger partial charge on any atom is 0.416 e. The number of alkyl halides is 3. The Labute approximate surface area is 116 Å². The number of benzene rings is 1. The van der Waals surface area contributed by atoms with Gasteiger partial charge in [-0.2, -0.15) is 13.2 Å². The number of hydrogen-bond donors (Lipinski definition) is 1. The molecule has 1 rings (SSSR count). The van der Waals surface area contributed by atoms with Gasteiger partial charge >= 0.3 is 12.1 Å². The van der Waals surface area contributed by atoms with Gasteiger partial charge in [0.05, 0.1) is 5.56 Å². The molecule has 112 valence electrons. The van der Waals surface area contributed by atoms with Gasteiger partial charge in [-0.3, -0.25) is 9.69 Å². The highest BCUT2D eigenvalue weighted by molar-refractivity contribution is 5.75. The van der Waals surface area contributed by atoms with Crippen molar-refractivity contribution in [2.75, 3.05) is 13.6 Å². The fraction of sp³-hybridized carbons (Fsp3) is 0.500. The fourth-order valence-electron chi connectivity index (χ4n) is 1.98. The van der Waals surface area contributed by atoms with E-state index >= 15 is 0 Å². The van der Waals surface area contributed by atoms with E-state index in [1.54, 1.807) is 11.9 Å². The summed E-state index contributed by atoms with van der Waals surface area (Å²) in [7, 11) is 1.66. The van der Waals surface area contributed by atoms with Crippen LogP contribution in [0, 0.1) is 0 Å². The lowest BCUT2D eigenvalue weighted by Gasteiger charge is -2.25. The Morgan fingerprint density at radius 1 is 1.30 bits per heavy atom. The normalized spacial score (nSPS) is 13.5. The van der Waals surface area contributed by atoms with Crippen LogP contribution in [-0.2, 0) is 11.0 Å². The van der Waals surface area contributed by atoms with Crippen LogP contribution >= 0.6 is 0 Å². The molecule has 0 saturated heterocycles. The number of likely N-dealkylation sites (N-methyl/N-ethyl adjacent to an activating group) is 1. The quantitative estimate of drug-likeness (QED) is 0.870. The Bertz CT molecular complexity index is 443. The summed E-state index contributed by atoms with van der Waals surface area (Å²) in [5.74, 6) is -1.07. The second-order valence-electron chi connectivity index (χ2n) is 4.69. The number of hydrogen-bond acceptors (Lipinski definition) is 2. The molecule has 1 aromatic carbocycles. The highest BCUT2D eigenvalue weighted by atomic mass is 19.4. The molecule has 1 aromatic rings. The monoisotopic (exact) mass is 289 g/mol. The lowest BCUT2D eigenvalue weighted by atomic mass is 10.0. The molecule has 0 aliphatic rings.